The molecule has 0 aliphatic rings. The maximum absolute atomic E-state index is 6.95. The zero-order valence-electron chi connectivity index (χ0n) is 7.90. The molecule has 2 N–H and O–H groups in total. The quantitative estimate of drug-likeness (QED) is 0.691. The van der Waals surface area contributed by atoms with Gasteiger partial charge in [0.15, 0.2) is 0 Å². The molecule has 0 aromatic heterocycles. The first kappa shape index (κ1) is 10.3. The first-order valence-corrected chi connectivity index (χ1v) is 4.15. The van der Waals surface area contributed by atoms with Gasteiger partial charge < -0.3 is 4.74 Å². The highest BCUT2D eigenvalue weighted by molar-refractivity contribution is 5.29. The van der Waals surface area contributed by atoms with E-state index in [1.807, 2.05) is 12.1 Å². The van der Waals surface area contributed by atoms with Crippen LogP contribution in [-0.4, -0.2) is 13.7 Å². The molecule has 0 spiro atoms. The van der Waals surface area contributed by atoms with Crippen LogP contribution >= 0.6 is 0 Å². The van der Waals surface area contributed by atoms with Gasteiger partial charge in [-0.25, -0.2) is 11.1 Å². The molecule has 0 fully saturated rings. The van der Waals surface area contributed by atoms with Crippen molar-refractivity contribution < 1.29 is 4.74 Å². The van der Waals surface area contributed by atoms with Crippen molar-refractivity contribution in [3.8, 4) is 5.75 Å². The molecule has 0 heterocycles. The predicted octanol–water partition coefficient (Wildman–Crippen LogP) is 2.80. The summed E-state index contributed by atoms with van der Waals surface area (Å²) in [4.78, 5) is 0. The van der Waals surface area contributed by atoms with Gasteiger partial charge in [-0.15, -0.1) is 0 Å². The second-order valence-corrected chi connectivity index (χ2v) is 2.76. The lowest BCUT2D eigenvalue weighted by atomic mass is 10.1. The van der Waals surface area contributed by atoms with Gasteiger partial charge in [0.25, 0.3) is 0 Å². The highest BCUT2D eigenvalue weighted by atomic mass is 16.5. The Morgan fingerprint density at radius 3 is 2.36 bits per heavy atom. The third kappa shape index (κ3) is 2.35. The minimum atomic E-state index is -0.349. The summed E-state index contributed by atoms with van der Waals surface area (Å²) in [6.07, 6.45) is 0. The lowest BCUT2D eigenvalue weighted by Crippen LogP contribution is -1.98. The topological polar surface area (TPSA) is 81.7 Å². The molecule has 1 atom stereocenters. The molecular weight excluding hydrogens is 180 g/mol. The molecule has 0 aliphatic heterocycles. The van der Waals surface area contributed by atoms with Crippen LogP contribution in [0.1, 0.15) is 11.6 Å². The van der Waals surface area contributed by atoms with E-state index in [-0.39, 0.29) is 12.6 Å². The van der Waals surface area contributed by atoms with Crippen LogP contribution < -0.4 is 4.74 Å². The fourth-order valence-corrected chi connectivity index (χ4v) is 1.13. The lowest BCUT2D eigenvalue weighted by molar-refractivity contribution is 0.414. The van der Waals surface area contributed by atoms with Crippen LogP contribution in [-0.2, 0) is 0 Å². The number of hydrogen-bond donors (Lipinski definition) is 2. The van der Waals surface area contributed by atoms with Crippen molar-refractivity contribution in [3.63, 3.8) is 0 Å². The molecule has 14 heavy (non-hydrogen) atoms. The second-order valence-electron chi connectivity index (χ2n) is 2.76. The fraction of sp³-hybridized carbons (Fsp3) is 0.333. The summed E-state index contributed by atoms with van der Waals surface area (Å²) >= 11 is 0. The van der Waals surface area contributed by atoms with Gasteiger partial charge >= 0.3 is 0 Å². The van der Waals surface area contributed by atoms with Gasteiger partial charge in [-0.3, -0.25) is 0 Å². The Kier molecular flexibility index (Phi) is 3.72. The molecule has 1 rings (SSSR count). The summed E-state index contributed by atoms with van der Waals surface area (Å²) in [5.41, 5.74) is 14.5. The average Bonchev–Trinajstić information content (AvgIpc) is 2.26. The molecule has 1 unspecified atom stereocenters. The maximum atomic E-state index is 6.95. The molecule has 5 nitrogen and oxygen atoms in total. The minimum absolute atomic E-state index is 0.218. The Labute approximate surface area is 82.1 Å². The first-order valence-electron chi connectivity index (χ1n) is 4.15. The number of nitrogens with one attached hydrogen (secondary N) is 2. The fourth-order valence-electron chi connectivity index (χ4n) is 1.13. The Morgan fingerprint density at radius 2 is 1.93 bits per heavy atom. The van der Waals surface area contributed by atoms with Gasteiger partial charge in [-0.05, 0) is 17.7 Å². The predicted molar refractivity (Wildman–Crippen MR) is 50.9 cm³/mol. The van der Waals surface area contributed by atoms with Gasteiger partial charge in [0.1, 0.15) is 11.8 Å². The molecule has 5 heteroatoms. The number of ether oxygens (including phenoxy) is 1. The van der Waals surface area contributed by atoms with E-state index in [9.17, 15) is 0 Å². The van der Waals surface area contributed by atoms with E-state index in [4.69, 9.17) is 15.8 Å². The average molecular weight is 192 g/mol. The van der Waals surface area contributed by atoms with Gasteiger partial charge in [0.05, 0.1) is 13.7 Å². The molecular formula is C9H12N4O. The smallest absolute Gasteiger partial charge is 0.118 e. The van der Waals surface area contributed by atoms with Crippen LogP contribution in [0.15, 0.2) is 34.5 Å². The van der Waals surface area contributed by atoms with E-state index in [2.05, 4.69) is 10.2 Å². The third-order valence-electron chi connectivity index (χ3n) is 1.92. The van der Waals surface area contributed by atoms with Crippen molar-refractivity contribution in [2.75, 3.05) is 13.7 Å². The van der Waals surface area contributed by atoms with Gasteiger partial charge in [0, 0.05) is 0 Å². The molecule has 0 aliphatic carbocycles. The largest absolute Gasteiger partial charge is 0.497 e. The van der Waals surface area contributed by atoms with Crippen molar-refractivity contribution in [2.24, 2.45) is 10.2 Å². The second kappa shape index (κ2) is 5.06. The summed E-state index contributed by atoms with van der Waals surface area (Å²) in [5, 5.41) is 6.63. The molecule has 0 radical (unpaired) electrons. The summed E-state index contributed by atoms with van der Waals surface area (Å²) in [6.45, 7) is 0.218. The van der Waals surface area contributed by atoms with Gasteiger partial charge in [-0.1, -0.05) is 12.1 Å². The zero-order valence-corrected chi connectivity index (χ0v) is 7.90. The maximum Gasteiger partial charge on any atom is 0.118 e. The Hall–Kier alpha value is -1.78. The van der Waals surface area contributed by atoms with E-state index in [1.54, 1.807) is 19.2 Å². The minimum Gasteiger partial charge on any atom is -0.497 e. The molecule has 0 saturated heterocycles. The van der Waals surface area contributed by atoms with E-state index >= 15 is 0 Å². The third-order valence-corrected chi connectivity index (χ3v) is 1.92. The Balaban J connectivity index is 2.82. The van der Waals surface area contributed by atoms with Gasteiger partial charge in [0.2, 0.25) is 0 Å². The number of hydrogen-bond acceptors (Lipinski definition) is 5. The van der Waals surface area contributed by atoms with E-state index in [0.29, 0.717) is 0 Å². The zero-order chi connectivity index (χ0) is 10.4. The number of methoxy groups -OCH3 is 1. The molecule has 0 amide bonds. The van der Waals surface area contributed by atoms with Crippen molar-refractivity contribution in [1.82, 2.24) is 0 Å². The van der Waals surface area contributed by atoms with Crippen LogP contribution in [0.4, 0.5) is 0 Å². The summed E-state index contributed by atoms with van der Waals surface area (Å²) in [7, 11) is 1.60. The number of nitrogens with zero attached hydrogens (tertiary/aromatic N) is 2. The summed E-state index contributed by atoms with van der Waals surface area (Å²) in [5.74, 6) is 0.764. The first-order chi connectivity index (χ1) is 6.81. The number of rotatable bonds is 5. The van der Waals surface area contributed by atoms with E-state index in [0.717, 1.165) is 11.3 Å². The molecule has 0 bridgehead atoms. The standard InChI is InChI=1S/C9H12N4O/c1-14-8-4-2-7(3-5-8)9(13-11)6-12-10/h2-5,9-11H,6H2,1H3. The van der Waals surface area contributed by atoms with Crippen LogP contribution in [0.3, 0.4) is 0 Å². The summed E-state index contributed by atoms with van der Waals surface area (Å²) in [6, 6.07) is 6.91. The highest BCUT2D eigenvalue weighted by Crippen LogP contribution is 2.20. The van der Waals surface area contributed by atoms with Crippen LogP contribution in [0.5, 0.6) is 5.75 Å². The molecule has 0 saturated carbocycles. The highest BCUT2D eigenvalue weighted by Gasteiger charge is 2.08. The van der Waals surface area contributed by atoms with Crippen LogP contribution in [0, 0.1) is 11.1 Å². The molecule has 74 valence electrons. The van der Waals surface area contributed by atoms with Crippen LogP contribution in [0.25, 0.3) is 0 Å². The summed E-state index contributed by atoms with van der Waals surface area (Å²) < 4.78 is 5.00. The van der Waals surface area contributed by atoms with E-state index in [1.165, 1.54) is 0 Å². The van der Waals surface area contributed by atoms with E-state index < -0.39 is 0 Å². The normalized spacial score (nSPS) is 11.8. The SMILES string of the molecule is COc1ccc(C(CN=N)N=N)cc1. The van der Waals surface area contributed by atoms with Crippen molar-refractivity contribution >= 4 is 0 Å². The monoisotopic (exact) mass is 192 g/mol. The Bertz CT molecular complexity index is 309. The Morgan fingerprint density at radius 1 is 1.29 bits per heavy atom. The van der Waals surface area contributed by atoms with Crippen LogP contribution in [0.2, 0.25) is 0 Å². The van der Waals surface area contributed by atoms with Crippen molar-refractivity contribution in [1.29, 1.82) is 11.1 Å². The van der Waals surface area contributed by atoms with Crippen molar-refractivity contribution in [2.45, 2.75) is 6.04 Å². The van der Waals surface area contributed by atoms with Gasteiger partial charge in [-0.2, -0.15) is 10.2 Å². The lowest BCUT2D eigenvalue weighted by Gasteiger charge is -2.07. The molecule has 1 aromatic rings. The number of benzene rings is 1. The molecule has 1 aromatic carbocycles. The van der Waals surface area contributed by atoms with Crippen molar-refractivity contribution in [3.05, 3.63) is 29.8 Å².